The van der Waals surface area contributed by atoms with Gasteiger partial charge in [-0.1, -0.05) is 12.1 Å². The van der Waals surface area contributed by atoms with Gasteiger partial charge >= 0.3 is 0 Å². The van der Waals surface area contributed by atoms with Gasteiger partial charge in [0.05, 0.1) is 0 Å². The maximum absolute atomic E-state index is 13.1. The molecule has 0 aliphatic rings. The topological polar surface area (TPSA) is 69.1 Å². The molecule has 4 N–H and O–H groups in total. The van der Waals surface area contributed by atoms with E-state index in [1.807, 2.05) is 0 Å². The van der Waals surface area contributed by atoms with Crippen LogP contribution in [0.5, 0.6) is 0 Å². The normalized spacial score (nSPS) is 12.5. The van der Waals surface area contributed by atoms with Crippen LogP contribution in [0.2, 0.25) is 0 Å². The molecule has 0 saturated carbocycles. The molecule has 1 aromatic carbocycles. The molecule has 0 radical (unpaired) electrons. The van der Waals surface area contributed by atoms with Crippen molar-refractivity contribution in [3.8, 4) is 0 Å². The lowest BCUT2D eigenvalue weighted by atomic mass is 10.0. The van der Waals surface area contributed by atoms with Crippen molar-refractivity contribution < 1.29 is 13.6 Å². The zero-order chi connectivity index (χ0) is 10.7. The van der Waals surface area contributed by atoms with E-state index in [1.54, 1.807) is 0 Å². The third-order valence-corrected chi connectivity index (χ3v) is 1.80. The van der Waals surface area contributed by atoms with Crippen LogP contribution < -0.4 is 11.5 Å². The molecule has 1 amide bonds. The van der Waals surface area contributed by atoms with Crippen molar-refractivity contribution in [3.63, 3.8) is 0 Å². The predicted octanol–water partition coefficient (Wildman–Crippen LogP) is 0.840. The zero-order valence-electron chi connectivity index (χ0n) is 7.34. The van der Waals surface area contributed by atoms with E-state index in [1.165, 1.54) is 12.1 Å². The Kier molecular flexibility index (Phi) is 3.14. The molecule has 0 aromatic heterocycles. The summed E-state index contributed by atoms with van der Waals surface area (Å²) in [5, 5.41) is 0. The molecule has 76 valence electrons. The molecule has 5 heteroatoms. The number of carbonyl (C=O) groups excluding carboxylic acids is 1. The molecule has 1 aromatic rings. The van der Waals surface area contributed by atoms with E-state index in [4.69, 9.17) is 11.5 Å². The Hall–Kier alpha value is -1.49. The summed E-state index contributed by atoms with van der Waals surface area (Å²) in [6.07, 6.45) is -0.208. The van der Waals surface area contributed by atoms with Crippen LogP contribution in [0.15, 0.2) is 18.2 Å². The third-order valence-electron chi connectivity index (χ3n) is 1.80. The fraction of sp³-hybridized carbons (Fsp3) is 0.222. The summed E-state index contributed by atoms with van der Waals surface area (Å²) in [4.78, 5) is 10.5. The average molecular weight is 200 g/mol. The first-order chi connectivity index (χ1) is 6.52. The zero-order valence-corrected chi connectivity index (χ0v) is 7.34. The highest BCUT2D eigenvalue weighted by Gasteiger charge is 2.15. The Balaban J connectivity index is 2.95. The van der Waals surface area contributed by atoms with Crippen LogP contribution in [-0.4, -0.2) is 5.91 Å². The van der Waals surface area contributed by atoms with Gasteiger partial charge < -0.3 is 11.5 Å². The molecule has 0 saturated heterocycles. The highest BCUT2D eigenvalue weighted by Crippen LogP contribution is 2.19. The van der Waals surface area contributed by atoms with Crippen LogP contribution in [-0.2, 0) is 4.79 Å². The first-order valence-corrected chi connectivity index (χ1v) is 4.00. The molecule has 0 heterocycles. The van der Waals surface area contributed by atoms with Gasteiger partial charge in [0.1, 0.15) is 0 Å². The van der Waals surface area contributed by atoms with Crippen LogP contribution >= 0.6 is 0 Å². The van der Waals surface area contributed by atoms with E-state index in [0.717, 1.165) is 6.07 Å². The van der Waals surface area contributed by atoms with E-state index in [-0.39, 0.29) is 12.0 Å². The lowest BCUT2D eigenvalue weighted by Gasteiger charge is -2.10. The minimum absolute atomic E-state index is 0.0381. The van der Waals surface area contributed by atoms with Crippen LogP contribution in [0, 0.1) is 11.6 Å². The lowest BCUT2D eigenvalue weighted by Crippen LogP contribution is -2.21. The molecule has 0 fully saturated rings. The summed E-state index contributed by atoms with van der Waals surface area (Å²) < 4.78 is 25.8. The first-order valence-electron chi connectivity index (χ1n) is 4.00. The Morgan fingerprint density at radius 2 is 2.07 bits per heavy atom. The second-order valence-electron chi connectivity index (χ2n) is 2.92. The largest absolute Gasteiger partial charge is 0.370 e. The fourth-order valence-corrected chi connectivity index (χ4v) is 1.13. The van der Waals surface area contributed by atoms with Gasteiger partial charge in [0, 0.05) is 18.0 Å². The minimum atomic E-state index is -1.03. The summed E-state index contributed by atoms with van der Waals surface area (Å²) in [6.45, 7) is 0. The Bertz CT molecular complexity index is 355. The SMILES string of the molecule is NC(=O)CC(N)c1cccc(F)c1F. The van der Waals surface area contributed by atoms with Gasteiger partial charge in [-0.2, -0.15) is 0 Å². The van der Waals surface area contributed by atoms with Gasteiger partial charge in [-0.3, -0.25) is 4.79 Å². The lowest BCUT2D eigenvalue weighted by molar-refractivity contribution is -0.118. The standard InChI is InChI=1S/C9H10F2N2O/c10-6-3-1-2-5(9(6)11)7(12)4-8(13)14/h1-3,7H,4,12H2,(H2,13,14). The monoisotopic (exact) mass is 200 g/mol. The highest BCUT2D eigenvalue weighted by molar-refractivity contribution is 5.74. The number of amides is 1. The van der Waals surface area contributed by atoms with E-state index < -0.39 is 23.6 Å². The van der Waals surface area contributed by atoms with Gasteiger partial charge in [-0.15, -0.1) is 0 Å². The average Bonchev–Trinajstić information content (AvgIpc) is 2.08. The summed E-state index contributed by atoms with van der Waals surface area (Å²) in [7, 11) is 0. The van der Waals surface area contributed by atoms with Crippen LogP contribution in [0.1, 0.15) is 18.0 Å². The molecular formula is C9H10F2N2O. The number of rotatable bonds is 3. The molecule has 0 aliphatic heterocycles. The van der Waals surface area contributed by atoms with Gasteiger partial charge in [0.25, 0.3) is 0 Å². The first kappa shape index (κ1) is 10.6. The van der Waals surface area contributed by atoms with E-state index in [9.17, 15) is 13.6 Å². The van der Waals surface area contributed by atoms with Crippen LogP contribution in [0.3, 0.4) is 0 Å². The van der Waals surface area contributed by atoms with Crippen LogP contribution in [0.25, 0.3) is 0 Å². The van der Waals surface area contributed by atoms with Gasteiger partial charge in [0.15, 0.2) is 11.6 Å². The smallest absolute Gasteiger partial charge is 0.219 e. The van der Waals surface area contributed by atoms with Crippen molar-refractivity contribution >= 4 is 5.91 Å². The number of nitrogens with two attached hydrogens (primary N) is 2. The number of halogens is 2. The highest BCUT2D eigenvalue weighted by atomic mass is 19.2. The second kappa shape index (κ2) is 4.15. The van der Waals surface area contributed by atoms with Crippen LogP contribution in [0.4, 0.5) is 8.78 Å². The number of hydrogen-bond donors (Lipinski definition) is 2. The van der Waals surface area contributed by atoms with Crippen molar-refractivity contribution in [2.45, 2.75) is 12.5 Å². The Labute approximate surface area is 79.7 Å². The molecule has 1 rings (SSSR count). The van der Waals surface area contributed by atoms with Crippen molar-refractivity contribution in [1.29, 1.82) is 0 Å². The van der Waals surface area contributed by atoms with Crippen molar-refractivity contribution in [2.75, 3.05) is 0 Å². The molecule has 1 atom stereocenters. The van der Waals surface area contributed by atoms with E-state index >= 15 is 0 Å². The number of hydrogen-bond acceptors (Lipinski definition) is 2. The summed E-state index contributed by atoms with van der Waals surface area (Å²) >= 11 is 0. The number of benzene rings is 1. The summed E-state index contributed by atoms with van der Waals surface area (Å²) in [5.74, 6) is -2.66. The van der Waals surface area contributed by atoms with Crippen molar-refractivity contribution in [2.24, 2.45) is 11.5 Å². The minimum Gasteiger partial charge on any atom is -0.370 e. The van der Waals surface area contributed by atoms with E-state index in [2.05, 4.69) is 0 Å². The molecule has 0 spiro atoms. The third kappa shape index (κ3) is 2.26. The molecule has 3 nitrogen and oxygen atoms in total. The Morgan fingerprint density at radius 1 is 1.43 bits per heavy atom. The maximum atomic E-state index is 13.1. The van der Waals surface area contributed by atoms with E-state index in [0.29, 0.717) is 0 Å². The number of carbonyl (C=O) groups is 1. The second-order valence-corrected chi connectivity index (χ2v) is 2.92. The Morgan fingerprint density at radius 3 is 2.64 bits per heavy atom. The predicted molar refractivity (Wildman–Crippen MR) is 47.1 cm³/mol. The summed E-state index contributed by atoms with van der Waals surface area (Å²) in [5.41, 5.74) is 10.3. The number of primary amides is 1. The van der Waals surface area contributed by atoms with Crippen molar-refractivity contribution in [1.82, 2.24) is 0 Å². The quantitative estimate of drug-likeness (QED) is 0.759. The molecule has 0 aliphatic carbocycles. The molecular weight excluding hydrogens is 190 g/mol. The fourth-order valence-electron chi connectivity index (χ4n) is 1.13. The maximum Gasteiger partial charge on any atom is 0.219 e. The van der Waals surface area contributed by atoms with Crippen molar-refractivity contribution in [3.05, 3.63) is 35.4 Å². The molecule has 14 heavy (non-hydrogen) atoms. The summed E-state index contributed by atoms with van der Waals surface area (Å²) in [6, 6.07) is 2.74. The molecule has 0 bridgehead atoms. The van der Waals surface area contributed by atoms with Gasteiger partial charge in [0.2, 0.25) is 5.91 Å². The molecule has 1 unspecified atom stereocenters. The van der Waals surface area contributed by atoms with Gasteiger partial charge in [-0.05, 0) is 6.07 Å². The van der Waals surface area contributed by atoms with Gasteiger partial charge in [-0.25, -0.2) is 8.78 Å².